The highest BCUT2D eigenvalue weighted by molar-refractivity contribution is 5.77. The SMILES string of the molecule is O=[N+]([O-])c1ccc2[nH]c(C(F)(F)F)nc2c1. The van der Waals surface area contributed by atoms with Crippen LogP contribution in [0.4, 0.5) is 18.9 Å². The zero-order valence-electron chi connectivity index (χ0n) is 7.58. The van der Waals surface area contributed by atoms with Crippen molar-refractivity contribution in [2.24, 2.45) is 0 Å². The number of H-pyrrole nitrogens is 1. The lowest BCUT2D eigenvalue weighted by molar-refractivity contribution is -0.384. The molecule has 0 aliphatic rings. The van der Waals surface area contributed by atoms with Crippen molar-refractivity contribution in [3.8, 4) is 0 Å². The monoisotopic (exact) mass is 231 g/mol. The number of halogens is 3. The van der Waals surface area contributed by atoms with Gasteiger partial charge in [-0.3, -0.25) is 10.1 Å². The van der Waals surface area contributed by atoms with Crippen LogP contribution in [0, 0.1) is 10.1 Å². The van der Waals surface area contributed by atoms with Crippen LogP contribution in [0.3, 0.4) is 0 Å². The predicted molar refractivity (Wildman–Crippen MR) is 47.8 cm³/mol. The number of nitro groups is 1. The Morgan fingerprint density at radius 1 is 1.38 bits per heavy atom. The number of rotatable bonds is 1. The van der Waals surface area contributed by atoms with Gasteiger partial charge in [-0.2, -0.15) is 13.2 Å². The van der Waals surface area contributed by atoms with Gasteiger partial charge in [-0.1, -0.05) is 0 Å². The fourth-order valence-corrected chi connectivity index (χ4v) is 1.24. The highest BCUT2D eigenvalue weighted by Gasteiger charge is 2.34. The summed E-state index contributed by atoms with van der Waals surface area (Å²) in [5.41, 5.74) is -0.271. The predicted octanol–water partition coefficient (Wildman–Crippen LogP) is 2.49. The minimum Gasteiger partial charge on any atom is -0.334 e. The van der Waals surface area contributed by atoms with E-state index in [0.29, 0.717) is 0 Å². The van der Waals surface area contributed by atoms with Gasteiger partial charge in [-0.05, 0) is 6.07 Å². The maximum Gasteiger partial charge on any atom is 0.449 e. The number of imidazole rings is 1. The Labute approximate surface area is 86.1 Å². The Hall–Kier alpha value is -2.12. The summed E-state index contributed by atoms with van der Waals surface area (Å²) in [5, 5.41) is 10.4. The first-order valence-corrected chi connectivity index (χ1v) is 4.09. The van der Waals surface area contributed by atoms with Crippen molar-refractivity contribution in [3.05, 3.63) is 34.1 Å². The molecule has 0 bridgehead atoms. The molecule has 0 spiro atoms. The molecule has 84 valence electrons. The summed E-state index contributed by atoms with van der Waals surface area (Å²) < 4.78 is 36.8. The zero-order chi connectivity index (χ0) is 11.9. The standard InChI is InChI=1S/C8H4F3N3O2/c9-8(10,11)7-12-5-2-1-4(14(15)16)3-6(5)13-7/h1-3H,(H,12,13). The van der Waals surface area contributed by atoms with Crippen molar-refractivity contribution in [2.45, 2.75) is 6.18 Å². The van der Waals surface area contributed by atoms with Crippen LogP contribution in [0.5, 0.6) is 0 Å². The highest BCUT2D eigenvalue weighted by atomic mass is 19.4. The second-order valence-corrected chi connectivity index (χ2v) is 3.04. The third-order valence-corrected chi connectivity index (χ3v) is 1.95. The van der Waals surface area contributed by atoms with E-state index >= 15 is 0 Å². The summed E-state index contributed by atoms with van der Waals surface area (Å²) in [7, 11) is 0. The third-order valence-electron chi connectivity index (χ3n) is 1.95. The Kier molecular flexibility index (Phi) is 2.07. The van der Waals surface area contributed by atoms with Gasteiger partial charge in [0, 0.05) is 12.1 Å². The molecule has 0 aliphatic carbocycles. The number of hydrogen-bond acceptors (Lipinski definition) is 3. The minimum atomic E-state index is -4.59. The molecule has 0 unspecified atom stereocenters. The van der Waals surface area contributed by atoms with E-state index in [1.165, 1.54) is 6.07 Å². The second-order valence-electron chi connectivity index (χ2n) is 3.04. The molecule has 16 heavy (non-hydrogen) atoms. The molecule has 0 amide bonds. The summed E-state index contributed by atoms with van der Waals surface area (Å²) in [4.78, 5) is 15.0. The molecular weight excluding hydrogens is 227 g/mol. The smallest absolute Gasteiger partial charge is 0.334 e. The molecule has 5 nitrogen and oxygen atoms in total. The lowest BCUT2D eigenvalue weighted by atomic mass is 10.3. The number of benzene rings is 1. The number of aromatic amines is 1. The van der Waals surface area contributed by atoms with Crippen LogP contribution < -0.4 is 0 Å². The minimum absolute atomic E-state index is 0.0819. The second kappa shape index (κ2) is 3.19. The molecule has 1 aromatic carbocycles. The average Bonchev–Trinajstić information content (AvgIpc) is 2.58. The Morgan fingerprint density at radius 3 is 2.62 bits per heavy atom. The number of fused-ring (bicyclic) bond motifs is 1. The molecule has 1 N–H and O–H groups in total. The highest BCUT2D eigenvalue weighted by Crippen LogP contribution is 2.29. The van der Waals surface area contributed by atoms with Crippen LogP contribution in [0.15, 0.2) is 18.2 Å². The molecule has 0 fully saturated rings. The number of alkyl halides is 3. The van der Waals surface area contributed by atoms with E-state index in [4.69, 9.17) is 0 Å². The largest absolute Gasteiger partial charge is 0.449 e. The van der Waals surface area contributed by atoms with E-state index in [-0.39, 0.29) is 16.7 Å². The van der Waals surface area contributed by atoms with Gasteiger partial charge >= 0.3 is 6.18 Å². The van der Waals surface area contributed by atoms with E-state index in [2.05, 4.69) is 4.98 Å². The fourth-order valence-electron chi connectivity index (χ4n) is 1.24. The zero-order valence-corrected chi connectivity index (χ0v) is 7.58. The summed E-state index contributed by atoms with van der Waals surface area (Å²) in [6.45, 7) is 0. The van der Waals surface area contributed by atoms with Crippen molar-refractivity contribution < 1.29 is 18.1 Å². The lowest BCUT2D eigenvalue weighted by Crippen LogP contribution is -2.06. The van der Waals surface area contributed by atoms with Crippen LogP contribution in [-0.4, -0.2) is 14.9 Å². The van der Waals surface area contributed by atoms with E-state index in [9.17, 15) is 23.3 Å². The number of nitrogens with zero attached hydrogens (tertiary/aromatic N) is 2. The van der Waals surface area contributed by atoms with Gasteiger partial charge in [-0.15, -0.1) is 0 Å². The van der Waals surface area contributed by atoms with Crippen molar-refractivity contribution in [3.63, 3.8) is 0 Å². The van der Waals surface area contributed by atoms with Crippen molar-refractivity contribution >= 4 is 16.7 Å². The Morgan fingerprint density at radius 2 is 2.06 bits per heavy atom. The van der Waals surface area contributed by atoms with Gasteiger partial charge in [-0.25, -0.2) is 4.98 Å². The quantitative estimate of drug-likeness (QED) is 0.605. The Bertz CT molecular complexity index is 561. The van der Waals surface area contributed by atoms with Gasteiger partial charge in [0.2, 0.25) is 5.82 Å². The molecule has 1 aromatic heterocycles. The summed E-state index contributed by atoms with van der Waals surface area (Å²) >= 11 is 0. The number of non-ortho nitro benzene ring substituents is 1. The molecule has 0 atom stereocenters. The molecule has 0 saturated carbocycles. The van der Waals surface area contributed by atoms with Crippen molar-refractivity contribution in [2.75, 3.05) is 0 Å². The number of nitro benzene ring substituents is 1. The van der Waals surface area contributed by atoms with E-state index < -0.39 is 16.9 Å². The summed E-state index contributed by atoms with van der Waals surface area (Å²) in [6, 6.07) is 3.29. The number of hydrogen-bond donors (Lipinski definition) is 1. The van der Waals surface area contributed by atoms with Crippen molar-refractivity contribution in [1.29, 1.82) is 0 Å². The van der Waals surface area contributed by atoms with Crippen LogP contribution in [0.1, 0.15) is 5.82 Å². The maximum absolute atomic E-state index is 12.3. The van der Waals surface area contributed by atoms with E-state index in [1.54, 1.807) is 0 Å². The number of aromatic nitrogens is 2. The molecular formula is C8H4F3N3O2. The van der Waals surface area contributed by atoms with Crippen LogP contribution >= 0.6 is 0 Å². The number of nitrogens with one attached hydrogen (secondary N) is 1. The Balaban J connectivity index is 2.59. The first-order valence-electron chi connectivity index (χ1n) is 4.09. The molecule has 0 radical (unpaired) electrons. The van der Waals surface area contributed by atoms with Gasteiger partial charge in [0.15, 0.2) is 0 Å². The van der Waals surface area contributed by atoms with Crippen LogP contribution in [0.2, 0.25) is 0 Å². The molecule has 0 aliphatic heterocycles. The summed E-state index contributed by atoms with van der Waals surface area (Å²) in [6.07, 6.45) is -4.59. The van der Waals surface area contributed by atoms with Gasteiger partial charge in [0.05, 0.1) is 16.0 Å². The molecule has 2 rings (SSSR count). The third kappa shape index (κ3) is 1.69. The molecule has 0 saturated heterocycles. The lowest BCUT2D eigenvalue weighted by Gasteiger charge is -1.98. The average molecular weight is 231 g/mol. The van der Waals surface area contributed by atoms with Crippen LogP contribution in [0.25, 0.3) is 11.0 Å². The summed E-state index contributed by atoms with van der Waals surface area (Å²) in [5.74, 6) is -1.16. The van der Waals surface area contributed by atoms with Gasteiger partial charge < -0.3 is 4.98 Å². The van der Waals surface area contributed by atoms with E-state index in [1.807, 2.05) is 4.98 Å². The van der Waals surface area contributed by atoms with Crippen molar-refractivity contribution in [1.82, 2.24) is 9.97 Å². The normalized spacial score (nSPS) is 11.9. The van der Waals surface area contributed by atoms with Gasteiger partial charge in [0.1, 0.15) is 0 Å². The first-order chi connectivity index (χ1) is 7.38. The maximum atomic E-state index is 12.3. The molecule has 1 heterocycles. The molecule has 2 aromatic rings. The van der Waals surface area contributed by atoms with Gasteiger partial charge in [0.25, 0.3) is 5.69 Å². The fraction of sp³-hybridized carbons (Fsp3) is 0.125. The van der Waals surface area contributed by atoms with E-state index in [0.717, 1.165) is 12.1 Å². The topological polar surface area (TPSA) is 71.8 Å². The first kappa shape index (κ1) is 10.4. The van der Waals surface area contributed by atoms with Crippen LogP contribution in [-0.2, 0) is 6.18 Å². The molecule has 8 heteroatoms.